The van der Waals surface area contributed by atoms with Gasteiger partial charge in [-0.3, -0.25) is 4.79 Å². The summed E-state index contributed by atoms with van der Waals surface area (Å²) < 4.78 is 3.08. The molecule has 2 N–H and O–H groups in total. The summed E-state index contributed by atoms with van der Waals surface area (Å²) in [7, 11) is 0. The molecule has 3 nitrogen and oxygen atoms in total. The molecule has 0 unspecified atom stereocenters. The topological polar surface area (TPSA) is 49.3 Å². The number of aliphatic hydroxyl groups excluding tert-OH is 1. The lowest BCUT2D eigenvalue weighted by Gasteiger charge is -2.09. The molecular formula is C15H12I3NO2. The van der Waals surface area contributed by atoms with E-state index in [0.717, 1.165) is 22.0 Å². The van der Waals surface area contributed by atoms with Crippen molar-refractivity contribution in [3.63, 3.8) is 0 Å². The van der Waals surface area contributed by atoms with E-state index >= 15 is 0 Å². The van der Waals surface area contributed by atoms with Crippen LogP contribution in [0.5, 0.6) is 0 Å². The van der Waals surface area contributed by atoms with E-state index in [0.29, 0.717) is 12.0 Å². The highest BCUT2D eigenvalue weighted by Gasteiger charge is 2.13. The third-order valence-electron chi connectivity index (χ3n) is 2.85. The Hall–Kier alpha value is 0.0600. The van der Waals surface area contributed by atoms with Crippen LogP contribution in [0, 0.1) is 10.7 Å². The van der Waals surface area contributed by atoms with Crippen LogP contribution >= 0.6 is 67.8 Å². The zero-order valence-corrected chi connectivity index (χ0v) is 17.3. The van der Waals surface area contributed by atoms with Crippen molar-refractivity contribution in [2.24, 2.45) is 0 Å². The van der Waals surface area contributed by atoms with Crippen molar-refractivity contribution in [1.29, 1.82) is 0 Å². The Morgan fingerprint density at radius 1 is 1.10 bits per heavy atom. The van der Waals surface area contributed by atoms with Gasteiger partial charge in [-0.15, -0.1) is 0 Å². The molecule has 0 aromatic heterocycles. The highest BCUT2D eigenvalue weighted by molar-refractivity contribution is 14.1. The SMILES string of the molecule is O=C(Nc1ccc(CCO)cc1)c1cc(I)cc(I)c1I. The molecule has 0 spiro atoms. The molecule has 110 valence electrons. The van der Waals surface area contributed by atoms with Crippen molar-refractivity contribution in [1.82, 2.24) is 0 Å². The van der Waals surface area contributed by atoms with Gasteiger partial charge in [0.1, 0.15) is 0 Å². The van der Waals surface area contributed by atoms with E-state index < -0.39 is 0 Å². The van der Waals surface area contributed by atoms with Crippen LogP contribution in [0.15, 0.2) is 36.4 Å². The molecule has 1 amide bonds. The first-order chi connectivity index (χ1) is 10.0. The second kappa shape index (κ2) is 8.06. The van der Waals surface area contributed by atoms with Gasteiger partial charge < -0.3 is 10.4 Å². The van der Waals surface area contributed by atoms with Gasteiger partial charge in [0.05, 0.1) is 5.56 Å². The molecule has 0 aliphatic rings. The fourth-order valence-corrected chi connectivity index (χ4v) is 4.20. The molecule has 2 rings (SSSR count). The number of carbonyl (C=O) groups excluding carboxylic acids is 1. The number of anilines is 1. The van der Waals surface area contributed by atoms with Crippen LogP contribution in [0.25, 0.3) is 0 Å². The maximum atomic E-state index is 12.4. The zero-order chi connectivity index (χ0) is 15.4. The molecule has 0 radical (unpaired) electrons. The average Bonchev–Trinajstić information content (AvgIpc) is 2.45. The summed E-state index contributed by atoms with van der Waals surface area (Å²) in [5.41, 5.74) is 2.49. The number of benzene rings is 2. The predicted octanol–water partition coefficient (Wildman–Crippen LogP) is 4.29. The monoisotopic (exact) mass is 619 g/mol. The second-order valence-electron chi connectivity index (χ2n) is 4.37. The molecule has 6 heteroatoms. The molecule has 0 heterocycles. The average molecular weight is 619 g/mol. The zero-order valence-electron chi connectivity index (χ0n) is 10.9. The Bertz CT molecular complexity index is 657. The van der Waals surface area contributed by atoms with Gasteiger partial charge in [0, 0.05) is 23.0 Å². The molecular weight excluding hydrogens is 607 g/mol. The molecule has 2 aromatic rings. The highest BCUT2D eigenvalue weighted by atomic mass is 127. The third kappa shape index (κ3) is 4.76. The number of hydrogen-bond acceptors (Lipinski definition) is 2. The molecule has 0 aliphatic heterocycles. The molecule has 0 aliphatic carbocycles. The summed E-state index contributed by atoms with van der Waals surface area (Å²) in [6, 6.07) is 11.5. The van der Waals surface area contributed by atoms with Crippen molar-refractivity contribution < 1.29 is 9.90 Å². The van der Waals surface area contributed by atoms with Crippen LogP contribution in [-0.2, 0) is 6.42 Å². The lowest BCUT2D eigenvalue weighted by atomic mass is 10.1. The first kappa shape index (κ1) is 17.4. The van der Waals surface area contributed by atoms with Gasteiger partial charge in [0.25, 0.3) is 5.91 Å². The van der Waals surface area contributed by atoms with Crippen LogP contribution in [0.4, 0.5) is 5.69 Å². The van der Waals surface area contributed by atoms with Crippen LogP contribution < -0.4 is 5.32 Å². The summed E-state index contributed by atoms with van der Waals surface area (Å²) in [4.78, 5) is 12.4. The maximum absolute atomic E-state index is 12.4. The van der Waals surface area contributed by atoms with Crippen molar-refractivity contribution in [3.05, 3.63) is 58.2 Å². The number of rotatable bonds is 4. The number of halogens is 3. The Labute approximate surface area is 164 Å². The van der Waals surface area contributed by atoms with Crippen LogP contribution in [-0.4, -0.2) is 17.6 Å². The van der Waals surface area contributed by atoms with Gasteiger partial charge in [0.15, 0.2) is 0 Å². The molecule has 2 aromatic carbocycles. The molecule has 21 heavy (non-hydrogen) atoms. The van der Waals surface area contributed by atoms with Crippen LogP contribution in [0.2, 0.25) is 0 Å². The van der Waals surface area contributed by atoms with E-state index in [9.17, 15) is 4.79 Å². The Morgan fingerprint density at radius 3 is 2.38 bits per heavy atom. The summed E-state index contributed by atoms with van der Waals surface area (Å²) in [5, 5.41) is 11.8. The Morgan fingerprint density at radius 2 is 1.76 bits per heavy atom. The summed E-state index contributed by atoms with van der Waals surface area (Å²) in [5.74, 6) is -0.106. The fourth-order valence-electron chi connectivity index (χ4n) is 1.80. The predicted molar refractivity (Wildman–Crippen MR) is 110 cm³/mol. The highest BCUT2D eigenvalue weighted by Crippen LogP contribution is 2.23. The standard InChI is InChI=1S/C15H12I3NO2/c16-10-7-12(14(18)13(17)8-10)15(21)19-11-3-1-9(2-4-11)5-6-20/h1-4,7-8,20H,5-6H2,(H,19,21). The maximum Gasteiger partial charge on any atom is 0.256 e. The Kier molecular flexibility index (Phi) is 6.69. The summed E-state index contributed by atoms with van der Waals surface area (Å²) in [6.45, 7) is 0.130. The second-order valence-corrected chi connectivity index (χ2v) is 7.86. The smallest absolute Gasteiger partial charge is 0.256 e. The van der Waals surface area contributed by atoms with E-state index in [4.69, 9.17) is 5.11 Å². The molecule has 0 bridgehead atoms. The number of aliphatic hydroxyl groups is 1. The lowest BCUT2D eigenvalue weighted by molar-refractivity contribution is 0.102. The molecule has 0 fully saturated rings. The van der Waals surface area contributed by atoms with E-state index in [1.54, 1.807) is 0 Å². The van der Waals surface area contributed by atoms with Gasteiger partial charge >= 0.3 is 0 Å². The van der Waals surface area contributed by atoms with E-state index in [1.807, 2.05) is 36.4 Å². The van der Waals surface area contributed by atoms with Crippen molar-refractivity contribution in [3.8, 4) is 0 Å². The third-order valence-corrected chi connectivity index (χ3v) is 6.52. The molecule has 0 atom stereocenters. The summed E-state index contributed by atoms with van der Waals surface area (Å²) >= 11 is 6.65. The minimum atomic E-state index is -0.106. The number of hydrogen-bond donors (Lipinski definition) is 2. The van der Waals surface area contributed by atoms with Gasteiger partial charge in [-0.05, 0) is 104 Å². The summed E-state index contributed by atoms with van der Waals surface area (Å²) in [6.07, 6.45) is 0.626. The quantitative estimate of drug-likeness (QED) is 0.397. The minimum absolute atomic E-state index is 0.106. The number of amides is 1. The van der Waals surface area contributed by atoms with Gasteiger partial charge in [0.2, 0.25) is 0 Å². The first-order valence-corrected chi connectivity index (χ1v) is 9.40. The fraction of sp³-hybridized carbons (Fsp3) is 0.133. The van der Waals surface area contributed by atoms with Crippen molar-refractivity contribution in [2.75, 3.05) is 11.9 Å². The number of carbonyl (C=O) groups is 1. The van der Waals surface area contributed by atoms with Crippen LogP contribution in [0.3, 0.4) is 0 Å². The molecule has 0 saturated carbocycles. The largest absolute Gasteiger partial charge is 0.396 e. The lowest BCUT2D eigenvalue weighted by Crippen LogP contribution is -2.14. The van der Waals surface area contributed by atoms with E-state index in [1.165, 1.54) is 0 Å². The van der Waals surface area contributed by atoms with Crippen molar-refractivity contribution >= 4 is 79.4 Å². The van der Waals surface area contributed by atoms with Gasteiger partial charge in [-0.2, -0.15) is 0 Å². The Balaban J connectivity index is 2.18. The number of nitrogens with one attached hydrogen (secondary N) is 1. The van der Waals surface area contributed by atoms with Gasteiger partial charge in [-0.25, -0.2) is 0 Å². The first-order valence-electron chi connectivity index (χ1n) is 6.17. The van der Waals surface area contributed by atoms with E-state index in [-0.39, 0.29) is 12.5 Å². The minimum Gasteiger partial charge on any atom is -0.396 e. The van der Waals surface area contributed by atoms with Crippen molar-refractivity contribution in [2.45, 2.75) is 6.42 Å². The van der Waals surface area contributed by atoms with Crippen LogP contribution in [0.1, 0.15) is 15.9 Å². The van der Waals surface area contributed by atoms with Gasteiger partial charge in [-0.1, -0.05) is 12.1 Å². The van der Waals surface area contributed by atoms with E-state index in [2.05, 4.69) is 73.1 Å². The molecule has 0 saturated heterocycles. The normalized spacial score (nSPS) is 10.5.